The highest BCUT2D eigenvalue weighted by molar-refractivity contribution is 7.89. The van der Waals surface area contributed by atoms with E-state index in [9.17, 15) is 18.0 Å². The normalized spacial score (nSPS) is 14.3. The molecule has 7 nitrogen and oxygen atoms in total. The molecule has 3 rings (SSSR count). The zero-order valence-electron chi connectivity index (χ0n) is 17.6. The molecule has 1 aliphatic rings. The molecule has 1 aliphatic heterocycles. The number of rotatable bonds is 6. The summed E-state index contributed by atoms with van der Waals surface area (Å²) in [6.45, 7) is 6.10. The van der Waals surface area contributed by atoms with Gasteiger partial charge in [-0.05, 0) is 41.0 Å². The Labute approximate surface area is 186 Å². The van der Waals surface area contributed by atoms with Crippen molar-refractivity contribution in [1.29, 1.82) is 0 Å². The maximum Gasteiger partial charge on any atom is 0.280 e. The molecule has 0 saturated carbocycles. The zero-order valence-corrected chi connectivity index (χ0v) is 19.2. The molecular formula is C22H25N3O4S2. The van der Waals surface area contributed by atoms with Gasteiger partial charge in [0, 0.05) is 18.0 Å². The SMILES string of the molecule is CC(C)(C)c1ccc(S(=O)(=O)N(N)C(=O)C2=CN(CC(=O)c3cccs3)C=CC2)cc1. The highest BCUT2D eigenvalue weighted by Crippen LogP contribution is 2.25. The lowest BCUT2D eigenvalue weighted by Gasteiger charge is -2.23. The van der Waals surface area contributed by atoms with Gasteiger partial charge in [0.1, 0.15) is 0 Å². The van der Waals surface area contributed by atoms with Crippen molar-refractivity contribution in [2.75, 3.05) is 6.54 Å². The molecule has 1 amide bonds. The average molecular weight is 460 g/mol. The number of benzene rings is 1. The minimum absolute atomic E-state index is 0.0411. The first-order valence-electron chi connectivity index (χ1n) is 9.65. The van der Waals surface area contributed by atoms with Crippen LogP contribution >= 0.6 is 11.3 Å². The molecule has 1 aromatic carbocycles. The van der Waals surface area contributed by atoms with Crippen molar-refractivity contribution in [2.45, 2.75) is 37.5 Å². The molecule has 31 heavy (non-hydrogen) atoms. The molecule has 1 aromatic heterocycles. The van der Waals surface area contributed by atoms with E-state index in [2.05, 4.69) is 0 Å². The first-order valence-corrected chi connectivity index (χ1v) is 12.0. The molecule has 2 aromatic rings. The number of carbonyl (C=O) groups excluding carboxylic acids is 2. The third kappa shape index (κ3) is 5.12. The van der Waals surface area contributed by atoms with Crippen LogP contribution in [0.2, 0.25) is 0 Å². The number of nitrogens with zero attached hydrogens (tertiary/aromatic N) is 2. The molecular weight excluding hydrogens is 434 g/mol. The summed E-state index contributed by atoms with van der Waals surface area (Å²) in [4.78, 5) is 27.2. The van der Waals surface area contributed by atoms with Gasteiger partial charge >= 0.3 is 0 Å². The summed E-state index contributed by atoms with van der Waals surface area (Å²) in [5, 5.41) is 1.81. The lowest BCUT2D eigenvalue weighted by Crippen LogP contribution is -2.43. The quantitative estimate of drug-likeness (QED) is 0.307. The Morgan fingerprint density at radius 1 is 1.16 bits per heavy atom. The maximum atomic E-state index is 12.9. The molecule has 9 heteroatoms. The van der Waals surface area contributed by atoms with Crippen LogP contribution in [-0.4, -0.2) is 36.0 Å². The van der Waals surface area contributed by atoms with Crippen LogP contribution in [0.5, 0.6) is 0 Å². The van der Waals surface area contributed by atoms with Gasteiger partial charge in [-0.1, -0.05) is 45.0 Å². The monoisotopic (exact) mass is 459 g/mol. The molecule has 0 saturated heterocycles. The summed E-state index contributed by atoms with van der Waals surface area (Å²) in [7, 11) is -4.21. The number of Topliss-reactive ketones (excluding diaryl/α,β-unsaturated/α-hetero) is 1. The lowest BCUT2D eigenvalue weighted by molar-refractivity contribution is -0.123. The summed E-state index contributed by atoms with van der Waals surface area (Å²) in [6, 6.07) is 9.85. The van der Waals surface area contributed by atoms with Gasteiger partial charge in [-0.2, -0.15) is 12.8 Å². The Bertz CT molecular complexity index is 1130. The van der Waals surface area contributed by atoms with Crippen LogP contribution < -0.4 is 5.84 Å². The number of carbonyl (C=O) groups is 2. The van der Waals surface area contributed by atoms with Gasteiger partial charge in [0.05, 0.1) is 16.3 Å². The number of sulfonamides is 1. The largest absolute Gasteiger partial charge is 0.346 e. The summed E-state index contributed by atoms with van der Waals surface area (Å²) in [5.74, 6) is 4.82. The molecule has 2 heterocycles. The molecule has 0 bridgehead atoms. The van der Waals surface area contributed by atoms with Crippen molar-refractivity contribution in [1.82, 2.24) is 9.31 Å². The first kappa shape index (κ1) is 22.9. The van der Waals surface area contributed by atoms with E-state index in [1.54, 1.807) is 41.4 Å². The zero-order chi connectivity index (χ0) is 22.8. The minimum atomic E-state index is -4.21. The molecule has 0 atom stereocenters. The number of amides is 1. The average Bonchev–Trinajstić information content (AvgIpc) is 3.27. The standard InChI is InChI=1S/C22H25N3O4S2/c1-22(2,3)17-8-10-18(11-9-17)31(28,29)25(23)21(27)16-6-4-12-24(14-16)15-19(26)20-7-5-13-30-20/h4-5,7-14H,6,15,23H2,1-3H3. The van der Waals surface area contributed by atoms with Crippen LogP contribution in [-0.2, 0) is 20.2 Å². The Hall–Kier alpha value is -2.75. The van der Waals surface area contributed by atoms with Crippen molar-refractivity contribution in [3.8, 4) is 0 Å². The number of nitrogens with two attached hydrogens (primary N) is 1. The first-order chi connectivity index (χ1) is 14.5. The van der Waals surface area contributed by atoms with Crippen molar-refractivity contribution < 1.29 is 18.0 Å². The van der Waals surface area contributed by atoms with E-state index in [0.717, 1.165) is 5.56 Å². The Morgan fingerprint density at radius 2 is 1.84 bits per heavy atom. The summed E-state index contributed by atoms with van der Waals surface area (Å²) in [5.41, 5.74) is 1.01. The predicted octanol–water partition coefficient (Wildman–Crippen LogP) is 3.42. The van der Waals surface area contributed by atoms with Gasteiger partial charge in [-0.15, -0.1) is 11.3 Å². The highest BCUT2D eigenvalue weighted by Gasteiger charge is 2.30. The second-order valence-electron chi connectivity index (χ2n) is 8.20. The number of hydrazine groups is 1. The number of allylic oxidation sites excluding steroid dienone is 1. The number of thiophene rings is 1. The second-order valence-corrected chi connectivity index (χ2v) is 11.0. The van der Waals surface area contributed by atoms with Crippen LogP contribution in [0.15, 0.2) is 70.7 Å². The van der Waals surface area contributed by atoms with Crippen LogP contribution in [0.4, 0.5) is 0 Å². The van der Waals surface area contributed by atoms with E-state index in [4.69, 9.17) is 5.84 Å². The molecule has 0 aliphatic carbocycles. The van der Waals surface area contributed by atoms with Crippen LogP contribution in [0.25, 0.3) is 0 Å². The Morgan fingerprint density at radius 3 is 2.42 bits per heavy atom. The van der Waals surface area contributed by atoms with Gasteiger partial charge < -0.3 is 4.90 Å². The van der Waals surface area contributed by atoms with Crippen molar-refractivity contribution >= 4 is 33.1 Å². The van der Waals surface area contributed by atoms with Gasteiger partial charge in [0.15, 0.2) is 5.78 Å². The molecule has 0 radical (unpaired) electrons. The molecule has 0 fully saturated rings. The fraction of sp³-hybridized carbons (Fsp3) is 0.273. The minimum Gasteiger partial charge on any atom is -0.346 e. The van der Waals surface area contributed by atoms with Crippen LogP contribution in [0.1, 0.15) is 42.4 Å². The van der Waals surface area contributed by atoms with Crippen LogP contribution in [0, 0.1) is 0 Å². The fourth-order valence-corrected chi connectivity index (χ4v) is 4.72. The van der Waals surface area contributed by atoms with E-state index >= 15 is 0 Å². The highest BCUT2D eigenvalue weighted by atomic mass is 32.2. The predicted molar refractivity (Wildman–Crippen MR) is 121 cm³/mol. The second kappa shape index (κ2) is 8.78. The van der Waals surface area contributed by atoms with Gasteiger partial charge in [0.2, 0.25) is 0 Å². The van der Waals surface area contributed by atoms with E-state index in [1.807, 2.05) is 26.2 Å². The Kier molecular flexibility index (Phi) is 6.49. The van der Waals surface area contributed by atoms with Crippen molar-refractivity contribution in [3.05, 3.63) is 76.3 Å². The molecule has 0 unspecified atom stereocenters. The third-order valence-electron chi connectivity index (χ3n) is 4.83. The van der Waals surface area contributed by atoms with Gasteiger partial charge in [0.25, 0.3) is 15.9 Å². The smallest absolute Gasteiger partial charge is 0.280 e. The number of hydrogen-bond donors (Lipinski definition) is 1. The van der Waals surface area contributed by atoms with Gasteiger partial charge in [-0.25, -0.2) is 5.84 Å². The topological polar surface area (TPSA) is 101 Å². The number of ketones is 1. The Balaban J connectivity index is 1.76. The number of hydrogen-bond acceptors (Lipinski definition) is 7. The fourth-order valence-electron chi connectivity index (χ4n) is 3.02. The summed E-state index contributed by atoms with van der Waals surface area (Å²) in [6.07, 6.45) is 5.05. The molecule has 164 valence electrons. The lowest BCUT2D eigenvalue weighted by atomic mass is 9.87. The van der Waals surface area contributed by atoms with Crippen LogP contribution in [0.3, 0.4) is 0 Å². The third-order valence-corrected chi connectivity index (χ3v) is 7.29. The summed E-state index contributed by atoms with van der Waals surface area (Å²) < 4.78 is 26.0. The molecule has 0 spiro atoms. The van der Waals surface area contributed by atoms with E-state index in [-0.39, 0.29) is 39.0 Å². The molecule has 2 N–H and O–H groups in total. The van der Waals surface area contributed by atoms with Gasteiger partial charge in [-0.3, -0.25) is 9.59 Å². The maximum absolute atomic E-state index is 12.9. The van der Waals surface area contributed by atoms with Crippen molar-refractivity contribution in [2.24, 2.45) is 5.84 Å². The van der Waals surface area contributed by atoms with E-state index in [1.165, 1.54) is 29.7 Å². The van der Waals surface area contributed by atoms with Crippen molar-refractivity contribution in [3.63, 3.8) is 0 Å². The van der Waals surface area contributed by atoms with E-state index < -0.39 is 15.9 Å². The summed E-state index contributed by atoms with van der Waals surface area (Å²) >= 11 is 1.34. The van der Waals surface area contributed by atoms with E-state index in [0.29, 0.717) is 4.88 Å².